The number of carbonyl (C=O) groups excluding carboxylic acids is 4. The van der Waals surface area contributed by atoms with Gasteiger partial charge >= 0.3 is 5.97 Å². The summed E-state index contributed by atoms with van der Waals surface area (Å²) in [5.41, 5.74) is 13.5. The van der Waals surface area contributed by atoms with E-state index in [-0.39, 0.29) is 22.9 Å². The second-order valence-electron chi connectivity index (χ2n) is 8.53. The van der Waals surface area contributed by atoms with E-state index in [4.69, 9.17) is 16.2 Å². The van der Waals surface area contributed by atoms with Crippen molar-refractivity contribution in [3.05, 3.63) is 82.5 Å². The number of benzene rings is 2. The van der Waals surface area contributed by atoms with Gasteiger partial charge in [-0.1, -0.05) is 29.8 Å². The minimum Gasteiger partial charge on any atom is -0.465 e. The summed E-state index contributed by atoms with van der Waals surface area (Å²) in [4.78, 5) is 57.2. The number of rotatable bonds is 9. The van der Waals surface area contributed by atoms with Crippen molar-refractivity contribution < 1.29 is 23.9 Å². The van der Waals surface area contributed by atoms with E-state index >= 15 is 0 Å². The summed E-state index contributed by atoms with van der Waals surface area (Å²) in [5, 5.41) is 3.32. The number of esters is 1. The fourth-order valence-corrected chi connectivity index (χ4v) is 4.72. The normalized spacial score (nSPS) is 11.5. The molecule has 0 fully saturated rings. The Morgan fingerprint density at radius 1 is 1.10 bits per heavy atom. The highest BCUT2D eigenvalue weighted by Crippen LogP contribution is 2.34. The van der Waals surface area contributed by atoms with Crippen LogP contribution in [-0.2, 0) is 14.3 Å². The first-order valence-corrected chi connectivity index (χ1v) is 12.7. The predicted octanol–water partition coefficient (Wildman–Crippen LogP) is 2.75. The highest BCUT2D eigenvalue weighted by Gasteiger charge is 2.36. The fraction of sp³-hybridized carbons (Fsp3) is 0.185. The van der Waals surface area contributed by atoms with Gasteiger partial charge in [0, 0.05) is 17.3 Å². The number of pyridine rings is 1. The molecule has 5 N–H and O–H groups in total. The van der Waals surface area contributed by atoms with Gasteiger partial charge in [0.15, 0.2) is 5.69 Å². The Labute approximate surface area is 227 Å². The molecule has 0 aliphatic rings. The van der Waals surface area contributed by atoms with Crippen LogP contribution in [0.3, 0.4) is 0 Å². The van der Waals surface area contributed by atoms with Gasteiger partial charge in [-0.05, 0) is 61.3 Å². The van der Waals surface area contributed by atoms with Gasteiger partial charge in [-0.2, -0.15) is 4.37 Å². The average molecular weight is 547 g/mol. The number of nitrogen functional groups attached to an aromatic ring is 1. The van der Waals surface area contributed by atoms with Crippen LogP contribution in [0, 0.1) is 6.92 Å². The number of fused-ring (bicyclic) bond motifs is 1. The number of nitrogens with zero attached hydrogens (tertiary/aromatic N) is 3. The quantitative estimate of drug-likeness (QED) is 0.269. The molecular weight excluding hydrogens is 520 g/mol. The minimum absolute atomic E-state index is 0.0602. The summed E-state index contributed by atoms with van der Waals surface area (Å²) < 4.78 is 8.89. The molecule has 0 spiro atoms. The van der Waals surface area contributed by atoms with Gasteiger partial charge in [-0.15, -0.1) is 0 Å². The second kappa shape index (κ2) is 11.7. The summed E-state index contributed by atoms with van der Waals surface area (Å²) in [6.07, 6.45) is 1.65. The number of hydrogen-bond acceptors (Lipinski definition) is 9. The van der Waals surface area contributed by atoms with Crippen molar-refractivity contribution >= 4 is 57.5 Å². The lowest BCUT2D eigenvalue weighted by Gasteiger charge is -2.31. The van der Waals surface area contributed by atoms with Crippen LogP contribution in [-0.4, -0.2) is 46.2 Å². The fourth-order valence-electron chi connectivity index (χ4n) is 3.98. The summed E-state index contributed by atoms with van der Waals surface area (Å²) >= 11 is 0.708. The molecule has 12 heteroatoms. The Morgan fingerprint density at radius 2 is 1.85 bits per heavy atom. The van der Waals surface area contributed by atoms with E-state index in [0.717, 1.165) is 10.9 Å². The number of nitrogens with two attached hydrogens (primary N) is 2. The van der Waals surface area contributed by atoms with Gasteiger partial charge in [-0.3, -0.25) is 29.1 Å². The van der Waals surface area contributed by atoms with Crippen molar-refractivity contribution in [1.29, 1.82) is 0 Å². The zero-order chi connectivity index (χ0) is 28.1. The van der Waals surface area contributed by atoms with E-state index < -0.39 is 36.3 Å². The summed E-state index contributed by atoms with van der Waals surface area (Å²) in [6, 6.07) is 14.5. The number of anilines is 2. The van der Waals surface area contributed by atoms with Gasteiger partial charge in [0.2, 0.25) is 5.91 Å². The van der Waals surface area contributed by atoms with E-state index in [1.807, 2.05) is 13.0 Å². The maximum Gasteiger partial charge on any atom is 0.325 e. The van der Waals surface area contributed by atoms with E-state index in [9.17, 15) is 19.2 Å². The molecule has 0 aliphatic heterocycles. The standard InChI is InChI=1S/C27H26N6O5S/c1-3-38-20(34)14-31-26(36)23(17-8-11-19-16(13-17)5-4-12-30-19)33(18-9-6-15(2)7-10-18)27(37)24-21(28)22(25(29)35)32-39-24/h4-13,23H,3,14,28H2,1-2H3,(H2,29,35)(H,31,36)/t23-/m0/s1. The Balaban J connectivity index is 1.88. The van der Waals surface area contributed by atoms with Gasteiger partial charge in [0.05, 0.1) is 17.8 Å². The molecule has 0 saturated carbocycles. The Kier molecular flexibility index (Phi) is 8.15. The number of primary amides is 1. The van der Waals surface area contributed by atoms with Crippen LogP contribution < -0.4 is 21.7 Å². The smallest absolute Gasteiger partial charge is 0.325 e. The number of nitrogens with one attached hydrogen (secondary N) is 1. The summed E-state index contributed by atoms with van der Waals surface area (Å²) in [7, 11) is 0. The molecule has 39 heavy (non-hydrogen) atoms. The number of carbonyl (C=O) groups is 4. The molecule has 3 amide bonds. The number of hydrogen-bond donors (Lipinski definition) is 3. The van der Waals surface area contributed by atoms with Crippen molar-refractivity contribution in [3.8, 4) is 0 Å². The molecule has 0 unspecified atom stereocenters. The molecule has 11 nitrogen and oxygen atoms in total. The van der Waals surface area contributed by atoms with Crippen molar-refractivity contribution in [3.63, 3.8) is 0 Å². The Morgan fingerprint density at radius 3 is 2.51 bits per heavy atom. The SMILES string of the molecule is CCOC(=O)CNC(=O)[C@H](c1ccc2ncccc2c1)N(C(=O)c1snc(C(N)=O)c1N)c1ccc(C)cc1. The minimum atomic E-state index is -1.25. The maximum absolute atomic E-state index is 14.1. The maximum atomic E-state index is 14.1. The molecule has 200 valence electrons. The van der Waals surface area contributed by atoms with Gasteiger partial charge in [0.25, 0.3) is 11.8 Å². The molecule has 1 atom stereocenters. The lowest BCUT2D eigenvalue weighted by atomic mass is 10.00. The molecule has 2 aromatic carbocycles. The van der Waals surface area contributed by atoms with Crippen molar-refractivity contribution in [2.75, 3.05) is 23.8 Å². The molecule has 4 aromatic rings. The number of aryl methyl sites for hydroxylation is 1. The lowest BCUT2D eigenvalue weighted by Crippen LogP contribution is -2.45. The first kappa shape index (κ1) is 27.2. The van der Waals surface area contributed by atoms with Gasteiger partial charge < -0.3 is 21.5 Å². The highest BCUT2D eigenvalue weighted by molar-refractivity contribution is 7.09. The molecule has 4 rings (SSSR count). The zero-order valence-electron chi connectivity index (χ0n) is 21.2. The average Bonchev–Trinajstić information content (AvgIpc) is 3.32. The first-order chi connectivity index (χ1) is 18.7. The predicted molar refractivity (Wildman–Crippen MR) is 147 cm³/mol. The van der Waals surface area contributed by atoms with Crippen LogP contribution in [0.25, 0.3) is 10.9 Å². The van der Waals surface area contributed by atoms with Crippen LogP contribution in [0.2, 0.25) is 0 Å². The lowest BCUT2D eigenvalue weighted by molar-refractivity contribution is -0.143. The van der Waals surface area contributed by atoms with Crippen LogP contribution in [0.1, 0.15) is 44.3 Å². The van der Waals surface area contributed by atoms with E-state index in [2.05, 4.69) is 14.7 Å². The Bertz CT molecular complexity index is 1550. The van der Waals surface area contributed by atoms with E-state index in [1.54, 1.807) is 61.7 Å². The molecule has 2 aromatic heterocycles. The monoisotopic (exact) mass is 546 g/mol. The van der Waals surface area contributed by atoms with Gasteiger partial charge in [-0.25, -0.2) is 0 Å². The van der Waals surface area contributed by atoms with Crippen LogP contribution in [0.5, 0.6) is 0 Å². The number of ether oxygens (including phenoxy) is 1. The van der Waals surface area contributed by atoms with Crippen LogP contribution in [0.4, 0.5) is 11.4 Å². The molecule has 0 aliphatic carbocycles. The van der Waals surface area contributed by atoms with Gasteiger partial charge in [0.1, 0.15) is 17.5 Å². The van der Waals surface area contributed by atoms with Crippen molar-refractivity contribution in [2.45, 2.75) is 19.9 Å². The molecular formula is C27H26N6O5S. The van der Waals surface area contributed by atoms with Crippen molar-refractivity contribution in [2.24, 2.45) is 5.73 Å². The topological polar surface area (TPSA) is 171 Å². The van der Waals surface area contributed by atoms with E-state index in [0.29, 0.717) is 28.3 Å². The second-order valence-corrected chi connectivity index (χ2v) is 9.30. The highest BCUT2D eigenvalue weighted by atomic mass is 32.1. The van der Waals surface area contributed by atoms with Crippen LogP contribution >= 0.6 is 11.5 Å². The zero-order valence-corrected chi connectivity index (χ0v) is 22.0. The molecule has 0 bridgehead atoms. The summed E-state index contributed by atoms with van der Waals surface area (Å²) in [6.45, 7) is 3.29. The van der Waals surface area contributed by atoms with Crippen molar-refractivity contribution in [1.82, 2.24) is 14.7 Å². The molecule has 2 heterocycles. The third-order valence-corrected chi connectivity index (χ3v) is 6.70. The third-order valence-electron chi connectivity index (χ3n) is 5.85. The molecule has 0 saturated heterocycles. The first-order valence-electron chi connectivity index (χ1n) is 11.9. The summed E-state index contributed by atoms with van der Waals surface area (Å²) in [5.74, 6) is -2.82. The van der Waals surface area contributed by atoms with E-state index in [1.165, 1.54) is 4.90 Å². The third kappa shape index (κ3) is 5.85. The van der Waals surface area contributed by atoms with Crippen LogP contribution in [0.15, 0.2) is 60.8 Å². The Hall–Kier alpha value is -4.84. The molecule has 0 radical (unpaired) electrons. The number of aromatic nitrogens is 2. The number of amides is 3. The largest absolute Gasteiger partial charge is 0.465 e.